The van der Waals surface area contributed by atoms with E-state index in [1.54, 1.807) is 7.11 Å². The van der Waals surface area contributed by atoms with Crippen LogP contribution in [0, 0.1) is 0 Å². The largest absolute Gasteiger partial charge is 0.392 e. The second-order valence-corrected chi connectivity index (χ2v) is 4.36. The van der Waals surface area contributed by atoms with Gasteiger partial charge in [-0.25, -0.2) is 0 Å². The van der Waals surface area contributed by atoms with E-state index in [9.17, 15) is 5.11 Å². The molecular formula is C10H21NO2. The Balaban J connectivity index is 2.49. The van der Waals surface area contributed by atoms with Crippen LogP contribution in [-0.4, -0.2) is 48.0 Å². The van der Waals surface area contributed by atoms with Gasteiger partial charge in [0.05, 0.1) is 11.7 Å². The topological polar surface area (TPSA) is 32.7 Å². The van der Waals surface area contributed by atoms with Crippen molar-refractivity contribution in [3.8, 4) is 0 Å². The zero-order valence-electron chi connectivity index (χ0n) is 9.08. The van der Waals surface area contributed by atoms with Gasteiger partial charge in [0, 0.05) is 26.2 Å². The van der Waals surface area contributed by atoms with Gasteiger partial charge in [0.15, 0.2) is 0 Å². The molecule has 3 unspecified atom stereocenters. The molecule has 3 atom stereocenters. The minimum absolute atomic E-state index is 0.0108. The highest BCUT2D eigenvalue weighted by Gasteiger charge is 2.36. The van der Waals surface area contributed by atoms with E-state index >= 15 is 0 Å². The molecule has 78 valence electrons. The number of aliphatic hydroxyl groups excluding tert-OH is 1. The van der Waals surface area contributed by atoms with Crippen LogP contribution < -0.4 is 0 Å². The Kier molecular flexibility index (Phi) is 3.33. The minimum atomic E-state index is -0.265. The summed E-state index contributed by atoms with van der Waals surface area (Å²) in [6.07, 6.45) is 0.791. The predicted octanol–water partition coefficient (Wildman–Crippen LogP) is 0.867. The second kappa shape index (κ2) is 3.95. The summed E-state index contributed by atoms with van der Waals surface area (Å²) in [5, 5.41) is 9.44. The molecule has 0 aromatic heterocycles. The highest BCUT2D eigenvalue weighted by molar-refractivity contribution is 4.90. The highest BCUT2D eigenvalue weighted by Crippen LogP contribution is 2.26. The molecule has 1 aliphatic heterocycles. The van der Waals surface area contributed by atoms with Crippen molar-refractivity contribution in [3.63, 3.8) is 0 Å². The monoisotopic (exact) mass is 187 g/mol. The third kappa shape index (κ3) is 2.42. The summed E-state index contributed by atoms with van der Waals surface area (Å²) in [6, 6.07) is 0.233. The third-order valence-electron chi connectivity index (χ3n) is 3.23. The average Bonchev–Trinajstić information content (AvgIpc) is 2.47. The van der Waals surface area contributed by atoms with Crippen LogP contribution in [-0.2, 0) is 4.74 Å². The van der Waals surface area contributed by atoms with E-state index in [1.807, 2.05) is 6.92 Å². The summed E-state index contributed by atoms with van der Waals surface area (Å²) in [7, 11) is 1.76. The number of rotatable bonds is 3. The molecular weight excluding hydrogens is 166 g/mol. The van der Waals surface area contributed by atoms with Crippen LogP contribution in [0.3, 0.4) is 0 Å². The standard InChI is InChI=1S/C10H21NO2/c1-8(9(2)12)11-6-5-10(3,7-11)13-4/h8-9,12H,5-7H2,1-4H3. The summed E-state index contributed by atoms with van der Waals surface area (Å²) in [5.74, 6) is 0. The summed E-state index contributed by atoms with van der Waals surface area (Å²) >= 11 is 0. The first-order chi connectivity index (χ1) is 5.98. The lowest BCUT2D eigenvalue weighted by Crippen LogP contribution is -2.41. The molecule has 0 aliphatic carbocycles. The van der Waals surface area contributed by atoms with Crippen molar-refractivity contribution in [2.75, 3.05) is 20.2 Å². The van der Waals surface area contributed by atoms with Gasteiger partial charge in [-0.15, -0.1) is 0 Å². The van der Waals surface area contributed by atoms with Gasteiger partial charge in [0.25, 0.3) is 0 Å². The first-order valence-electron chi connectivity index (χ1n) is 4.96. The number of aliphatic hydroxyl groups is 1. The maximum atomic E-state index is 9.44. The van der Waals surface area contributed by atoms with Crippen molar-refractivity contribution in [2.45, 2.75) is 44.9 Å². The number of likely N-dealkylation sites (tertiary alicyclic amines) is 1. The Labute approximate surface area is 80.7 Å². The molecule has 3 heteroatoms. The molecule has 1 fully saturated rings. The van der Waals surface area contributed by atoms with Crippen molar-refractivity contribution >= 4 is 0 Å². The van der Waals surface area contributed by atoms with Crippen LogP contribution in [0.2, 0.25) is 0 Å². The third-order valence-corrected chi connectivity index (χ3v) is 3.23. The first-order valence-corrected chi connectivity index (χ1v) is 4.96. The molecule has 3 nitrogen and oxygen atoms in total. The van der Waals surface area contributed by atoms with Crippen LogP contribution in [0.1, 0.15) is 27.2 Å². The van der Waals surface area contributed by atoms with Crippen molar-refractivity contribution in [2.24, 2.45) is 0 Å². The molecule has 1 saturated heterocycles. The highest BCUT2D eigenvalue weighted by atomic mass is 16.5. The van der Waals surface area contributed by atoms with Gasteiger partial charge in [0.1, 0.15) is 0 Å². The maximum Gasteiger partial charge on any atom is 0.0789 e. The first kappa shape index (κ1) is 11.0. The molecule has 0 aromatic carbocycles. The van der Waals surface area contributed by atoms with E-state index in [2.05, 4.69) is 18.7 Å². The summed E-state index contributed by atoms with van der Waals surface area (Å²) in [6.45, 7) is 7.98. The fourth-order valence-corrected chi connectivity index (χ4v) is 1.79. The number of ether oxygens (including phenoxy) is 1. The Bertz CT molecular complexity index is 172. The van der Waals surface area contributed by atoms with Gasteiger partial charge in [-0.05, 0) is 27.2 Å². The predicted molar refractivity (Wildman–Crippen MR) is 52.7 cm³/mol. The lowest BCUT2D eigenvalue weighted by Gasteiger charge is -2.28. The average molecular weight is 187 g/mol. The number of hydrogen-bond donors (Lipinski definition) is 1. The van der Waals surface area contributed by atoms with Crippen LogP contribution in [0.4, 0.5) is 0 Å². The second-order valence-electron chi connectivity index (χ2n) is 4.36. The van der Waals surface area contributed by atoms with Crippen LogP contribution >= 0.6 is 0 Å². The van der Waals surface area contributed by atoms with Crippen molar-refractivity contribution in [1.82, 2.24) is 4.90 Å². The summed E-state index contributed by atoms with van der Waals surface area (Å²) in [5.41, 5.74) is -0.0108. The number of methoxy groups -OCH3 is 1. The smallest absolute Gasteiger partial charge is 0.0789 e. The lowest BCUT2D eigenvalue weighted by atomic mass is 10.1. The van der Waals surface area contributed by atoms with E-state index in [0.29, 0.717) is 0 Å². The van der Waals surface area contributed by atoms with Crippen LogP contribution in [0.5, 0.6) is 0 Å². The minimum Gasteiger partial charge on any atom is -0.392 e. The zero-order valence-corrected chi connectivity index (χ0v) is 9.08. The summed E-state index contributed by atoms with van der Waals surface area (Å²) < 4.78 is 5.44. The molecule has 0 spiro atoms. The van der Waals surface area contributed by atoms with Crippen molar-refractivity contribution in [1.29, 1.82) is 0 Å². The summed E-state index contributed by atoms with van der Waals surface area (Å²) in [4.78, 5) is 2.29. The molecule has 0 saturated carbocycles. The molecule has 0 amide bonds. The number of nitrogens with zero attached hydrogens (tertiary/aromatic N) is 1. The van der Waals surface area contributed by atoms with Crippen molar-refractivity contribution in [3.05, 3.63) is 0 Å². The lowest BCUT2D eigenvalue weighted by molar-refractivity contribution is 0.00335. The SMILES string of the molecule is COC1(C)CCN(C(C)C(C)O)C1. The molecule has 1 N–H and O–H groups in total. The molecule has 1 rings (SSSR count). The van der Waals surface area contributed by atoms with Crippen molar-refractivity contribution < 1.29 is 9.84 Å². The molecule has 1 heterocycles. The normalized spacial score (nSPS) is 34.8. The Morgan fingerprint density at radius 3 is 2.46 bits per heavy atom. The molecule has 0 bridgehead atoms. The van der Waals surface area contributed by atoms with Gasteiger partial charge in [-0.3, -0.25) is 4.90 Å². The van der Waals surface area contributed by atoms with Gasteiger partial charge in [-0.1, -0.05) is 0 Å². The quantitative estimate of drug-likeness (QED) is 0.711. The van der Waals surface area contributed by atoms with E-state index in [4.69, 9.17) is 4.74 Å². The molecule has 13 heavy (non-hydrogen) atoms. The molecule has 0 aromatic rings. The van der Waals surface area contributed by atoms with Crippen LogP contribution in [0.25, 0.3) is 0 Å². The fourth-order valence-electron chi connectivity index (χ4n) is 1.79. The van der Waals surface area contributed by atoms with E-state index in [-0.39, 0.29) is 17.7 Å². The van der Waals surface area contributed by atoms with Gasteiger partial charge >= 0.3 is 0 Å². The Hall–Kier alpha value is -0.120. The molecule has 0 radical (unpaired) electrons. The Morgan fingerprint density at radius 1 is 1.46 bits per heavy atom. The Morgan fingerprint density at radius 2 is 2.08 bits per heavy atom. The van der Waals surface area contributed by atoms with Crippen LogP contribution in [0.15, 0.2) is 0 Å². The van der Waals surface area contributed by atoms with Gasteiger partial charge in [-0.2, -0.15) is 0 Å². The van der Waals surface area contributed by atoms with E-state index in [1.165, 1.54) is 0 Å². The fraction of sp³-hybridized carbons (Fsp3) is 1.00. The zero-order chi connectivity index (χ0) is 10.1. The van der Waals surface area contributed by atoms with E-state index in [0.717, 1.165) is 19.5 Å². The van der Waals surface area contributed by atoms with Gasteiger partial charge < -0.3 is 9.84 Å². The van der Waals surface area contributed by atoms with E-state index < -0.39 is 0 Å². The van der Waals surface area contributed by atoms with Gasteiger partial charge in [0.2, 0.25) is 0 Å². The maximum absolute atomic E-state index is 9.44. The molecule has 1 aliphatic rings. The number of hydrogen-bond acceptors (Lipinski definition) is 3.